The number of para-hydroxylation sites is 2. The fourth-order valence-corrected chi connectivity index (χ4v) is 3.34. The van der Waals surface area contributed by atoms with Crippen LogP contribution < -0.4 is 4.90 Å². The monoisotopic (exact) mass is 381 g/mol. The SMILES string of the molecule is Clc1cccc(/C=C/c2ccc(N(c3ccccc3)c3ccccc3)cc2)c1. The summed E-state index contributed by atoms with van der Waals surface area (Å²) in [6.07, 6.45) is 4.18. The van der Waals surface area contributed by atoms with Gasteiger partial charge in [-0.05, 0) is 59.7 Å². The number of nitrogens with zero attached hydrogens (tertiary/aromatic N) is 1. The minimum absolute atomic E-state index is 0.749. The van der Waals surface area contributed by atoms with Crippen LogP contribution in [0.5, 0.6) is 0 Å². The molecule has 2 heteroatoms. The van der Waals surface area contributed by atoms with Crippen LogP contribution in [0.1, 0.15) is 11.1 Å². The zero-order valence-corrected chi connectivity index (χ0v) is 16.1. The molecule has 0 aliphatic heterocycles. The maximum Gasteiger partial charge on any atom is 0.0462 e. The van der Waals surface area contributed by atoms with Crippen LogP contribution in [0.25, 0.3) is 12.2 Å². The van der Waals surface area contributed by atoms with Gasteiger partial charge in [-0.15, -0.1) is 0 Å². The van der Waals surface area contributed by atoms with Gasteiger partial charge in [0.15, 0.2) is 0 Å². The first kappa shape index (κ1) is 18.1. The molecule has 0 fully saturated rings. The zero-order chi connectivity index (χ0) is 19.2. The van der Waals surface area contributed by atoms with Crippen LogP contribution in [0.3, 0.4) is 0 Å². The predicted octanol–water partition coefficient (Wildman–Crippen LogP) is 7.98. The number of anilines is 3. The Hall–Kier alpha value is -3.29. The first-order valence-electron chi connectivity index (χ1n) is 9.23. The third-order valence-corrected chi connectivity index (χ3v) is 4.73. The molecule has 0 unspecified atom stereocenters. The van der Waals surface area contributed by atoms with Crippen LogP contribution in [0.15, 0.2) is 109 Å². The maximum absolute atomic E-state index is 6.06. The van der Waals surface area contributed by atoms with Crippen molar-refractivity contribution in [1.29, 1.82) is 0 Å². The second kappa shape index (κ2) is 8.60. The number of halogens is 1. The van der Waals surface area contributed by atoms with Crippen LogP contribution >= 0.6 is 11.6 Å². The molecule has 0 amide bonds. The molecule has 0 atom stereocenters. The molecule has 0 bridgehead atoms. The Morgan fingerprint density at radius 3 is 1.61 bits per heavy atom. The first-order valence-corrected chi connectivity index (χ1v) is 9.61. The largest absolute Gasteiger partial charge is 0.311 e. The molecule has 0 saturated carbocycles. The van der Waals surface area contributed by atoms with E-state index in [-0.39, 0.29) is 0 Å². The Balaban J connectivity index is 1.63. The molecule has 4 aromatic rings. The minimum Gasteiger partial charge on any atom is -0.311 e. The molecule has 0 aliphatic carbocycles. The van der Waals surface area contributed by atoms with Crippen molar-refractivity contribution >= 4 is 40.8 Å². The average molecular weight is 382 g/mol. The molecule has 136 valence electrons. The Morgan fingerprint density at radius 1 is 0.500 bits per heavy atom. The maximum atomic E-state index is 6.06. The van der Waals surface area contributed by atoms with E-state index in [9.17, 15) is 0 Å². The van der Waals surface area contributed by atoms with E-state index in [1.54, 1.807) is 0 Å². The lowest BCUT2D eigenvalue weighted by Crippen LogP contribution is -2.09. The van der Waals surface area contributed by atoms with Crippen molar-refractivity contribution in [3.63, 3.8) is 0 Å². The Morgan fingerprint density at radius 2 is 1.04 bits per heavy atom. The molecule has 0 N–H and O–H groups in total. The topological polar surface area (TPSA) is 3.24 Å². The number of benzene rings is 4. The van der Waals surface area contributed by atoms with Gasteiger partial charge in [0.1, 0.15) is 0 Å². The van der Waals surface area contributed by atoms with Gasteiger partial charge in [-0.3, -0.25) is 0 Å². The minimum atomic E-state index is 0.749. The Kier molecular flexibility index (Phi) is 5.56. The van der Waals surface area contributed by atoms with Crippen LogP contribution in [0.2, 0.25) is 5.02 Å². The fourth-order valence-electron chi connectivity index (χ4n) is 3.14. The molecule has 28 heavy (non-hydrogen) atoms. The zero-order valence-electron chi connectivity index (χ0n) is 15.4. The summed E-state index contributed by atoms with van der Waals surface area (Å²) in [6.45, 7) is 0. The summed E-state index contributed by atoms with van der Waals surface area (Å²) in [5.41, 5.74) is 5.63. The lowest BCUT2D eigenvalue weighted by atomic mass is 10.1. The summed E-state index contributed by atoms with van der Waals surface area (Å²) >= 11 is 6.06. The van der Waals surface area contributed by atoms with Gasteiger partial charge >= 0.3 is 0 Å². The molecular formula is C26H20ClN. The number of rotatable bonds is 5. The van der Waals surface area contributed by atoms with Crippen molar-refractivity contribution in [2.75, 3.05) is 4.90 Å². The smallest absolute Gasteiger partial charge is 0.0462 e. The van der Waals surface area contributed by atoms with Crippen molar-refractivity contribution < 1.29 is 0 Å². The second-order valence-electron chi connectivity index (χ2n) is 6.49. The van der Waals surface area contributed by atoms with Gasteiger partial charge in [-0.1, -0.05) is 84.4 Å². The molecule has 4 rings (SSSR count). The van der Waals surface area contributed by atoms with Crippen LogP contribution in [-0.2, 0) is 0 Å². The lowest BCUT2D eigenvalue weighted by Gasteiger charge is -2.25. The van der Waals surface area contributed by atoms with E-state index in [1.165, 1.54) is 0 Å². The molecule has 0 aromatic heterocycles. The number of hydrogen-bond donors (Lipinski definition) is 0. The van der Waals surface area contributed by atoms with Crippen LogP contribution in [-0.4, -0.2) is 0 Å². The highest BCUT2D eigenvalue weighted by Crippen LogP contribution is 2.34. The molecular weight excluding hydrogens is 362 g/mol. The number of hydrogen-bond acceptors (Lipinski definition) is 1. The van der Waals surface area contributed by atoms with E-state index in [2.05, 4.69) is 89.8 Å². The second-order valence-corrected chi connectivity index (χ2v) is 6.92. The summed E-state index contributed by atoms with van der Waals surface area (Å²) in [5.74, 6) is 0. The summed E-state index contributed by atoms with van der Waals surface area (Å²) in [4.78, 5) is 2.25. The highest BCUT2D eigenvalue weighted by molar-refractivity contribution is 6.30. The van der Waals surface area contributed by atoms with E-state index in [0.717, 1.165) is 33.2 Å². The first-order chi connectivity index (χ1) is 13.8. The summed E-state index contributed by atoms with van der Waals surface area (Å²) < 4.78 is 0. The normalized spacial score (nSPS) is 10.9. The lowest BCUT2D eigenvalue weighted by molar-refractivity contribution is 1.28. The van der Waals surface area contributed by atoms with Gasteiger partial charge < -0.3 is 4.90 Å². The van der Waals surface area contributed by atoms with Crippen molar-refractivity contribution in [1.82, 2.24) is 0 Å². The van der Waals surface area contributed by atoms with Crippen LogP contribution in [0.4, 0.5) is 17.1 Å². The van der Waals surface area contributed by atoms with E-state index in [1.807, 2.05) is 36.4 Å². The average Bonchev–Trinajstić information content (AvgIpc) is 2.75. The predicted molar refractivity (Wildman–Crippen MR) is 122 cm³/mol. The molecule has 0 saturated heterocycles. The molecule has 0 radical (unpaired) electrons. The molecule has 4 aromatic carbocycles. The van der Waals surface area contributed by atoms with Gasteiger partial charge in [-0.2, -0.15) is 0 Å². The van der Waals surface area contributed by atoms with Crippen molar-refractivity contribution in [3.8, 4) is 0 Å². The summed E-state index contributed by atoms with van der Waals surface area (Å²) in [6, 6.07) is 37.2. The quantitative estimate of drug-likeness (QED) is 0.317. The fraction of sp³-hybridized carbons (Fsp3) is 0. The Bertz CT molecular complexity index is 1010. The van der Waals surface area contributed by atoms with Crippen molar-refractivity contribution in [3.05, 3.63) is 125 Å². The van der Waals surface area contributed by atoms with E-state index < -0.39 is 0 Å². The summed E-state index contributed by atoms with van der Waals surface area (Å²) in [7, 11) is 0. The van der Waals surface area contributed by atoms with Gasteiger partial charge in [0.05, 0.1) is 0 Å². The highest BCUT2D eigenvalue weighted by Gasteiger charge is 2.11. The standard InChI is InChI=1S/C26H20ClN/c27-23-9-7-8-22(20-23)15-14-21-16-18-26(19-17-21)28(24-10-3-1-4-11-24)25-12-5-2-6-13-25/h1-20H/b15-14+. The molecule has 0 aliphatic rings. The highest BCUT2D eigenvalue weighted by atomic mass is 35.5. The van der Waals surface area contributed by atoms with Gasteiger partial charge in [0.25, 0.3) is 0 Å². The van der Waals surface area contributed by atoms with Gasteiger partial charge in [0, 0.05) is 22.1 Å². The molecule has 0 spiro atoms. The summed E-state index contributed by atoms with van der Waals surface area (Å²) in [5, 5.41) is 0.749. The van der Waals surface area contributed by atoms with Crippen molar-refractivity contribution in [2.24, 2.45) is 0 Å². The van der Waals surface area contributed by atoms with E-state index >= 15 is 0 Å². The van der Waals surface area contributed by atoms with Gasteiger partial charge in [0.2, 0.25) is 0 Å². The third-order valence-electron chi connectivity index (χ3n) is 4.50. The van der Waals surface area contributed by atoms with Crippen molar-refractivity contribution in [2.45, 2.75) is 0 Å². The molecule has 1 nitrogen and oxygen atoms in total. The third kappa shape index (κ3) is 4.33. The van der Waals surface area contributed by atoms with E-state index in [0.29, 0.717) is 0 Å². The van der Waals surface area contributed by atoms with Crippen LogP contribution in [0, 0.1) is 0 Å². The molecule has 0 heterocycles. The van der Waals surface area contributed by atoms with E-state index in [4.69, 9.17) is 11.6 Å². The van der Waals surface area contributed by atoms with Gasteiger partial charge in [-0.25, -0.2) is 0 Å². The Labute approximate surface area is 171 Å².